The molecular formula is C17H19N3O2. The quantitative estimate of drug-likeness (QED) is 0.726. The van der Waals surface area contributed by atoms with E-state index in [4.69, 9.17) is 10.5 Å². The predicted octanol–water partition coefficient (Wildman–Crippen LogP) is 2.89. The molecule has 0 saturated carbocycles. The average Bonchev–Trinajstić information content (AvgIpc) is 2.80. The van der Waals surface area contributed by atoms with Crippen molar-refractivity contribution in [2.75, 3.05) is 5.73 Å². The van der Waals surface area contributed by atoms with Crippen molar-refractivity contribution in [3.63, 3.8) is 0 Å². The lowest BCUT2D eigenvalue weighted by atomic mass is 10.2. The first-order valence-electron chi connectivity index (χ1n) is 7.20. The lowest BCUT2D eigenvalue weighted by Crippen LogP contribution is -2.27. The maximum absolute atomic E-state index is 10.2. The highest BCUT2D eigenvalue weighted by atomic mass is 16.5. The van der Waals surface area contributed by atoms with Gasteiger partial charge in [-0.2, -0.15) is 0 Å². The summed E-state index contributed by atoms with van der Waals surface area (Å²) < 4.78 is 7.89. The fourth-order valence-corrected chi connectivity index (χ4v) is 2.58. The number of anilines is 1. The molecule has 2 unspecified atom stereocenters. The summed E-state index contributed by atoms with van der Waals surface area (Å²) in [5.41, 5.74) is 8.21. The van der Waals surface area contributed by atoms with E-state index in [1.54, 1.807) is 19.1 Å². The summed E-state index contributed by atoms with van der Waals surface area (Å²) in [4.78, 5) is 4.52. The zero-order chi connectivity index (χ0) is 15.7. The van der Waals surface area contributed by atoms with Crippen LogP contribution in [0, 0.1) is 6.92 Å². The molecule has 1 heterocycles. The highest BCUT2D eigenvalue weighted by molar-refractivity contribution is 5.76. The second kappa shape index (κ2) is 5.69. The number of para-hydroxylation sites is 2. The van der Waals surface area contributed by atoms with E-state index in [9.17, 15) is 5.11 Å². The number of aliphatic hydroxyl groups is 1. The van der Waals surface area contributed by atoms with E-state index >= 15 is 0 Å². The summed E-state index contributed by atoms with van der Waals surface area (Å²) in [6, 6.07) is 15.0. The Morgan fingerprint density at radius 1 is 1.18 bits per heavy atom. The van der Waals surface area contributed by atoms with Gasteiger partial charge in [-0.05, 0) is 38.1 Å². The maximum atomic E-state index is 10.2. The summed E-state index contributed by atoms with van der Waals surface area (Å²) in [5, 5.41) is 10.2. The minimum absolute atomic E-state index is 0.575. The number of nitrogens with two attached hydrogens (primary N) is 1. The fraction of sp³-hybridized carbons (Fsp3) is 0.235. The molecule has 22 heavy (non-hydrogen) atoms. The van der Waals surface area contributed by atoms with Gasteiger partial charge < -0.3 is 15.6 Å². The molecular weight excluding hydrogens is 278 g/mol. The Balaban J connectivity index is 2.05. The number of aliphatic hydroxyl groups excluding tert-OH is 1. The second-order valence-corrected chi connectivity index (χ2v) is 5.34. The van der Waals surface area contributed by atoms with E-state index in [0.29, 0.717) is 11.4 Å². The molecule has 0 aliphatic carbocycles. The highest BCUT2D eigenvalue weighted by Crippen LogP contribution is 2.27. The molecule has 5 nitrogen and oxygen atoms in total. The molecule has 5 heteroatoms. The van der Waals surface area contributed by atoms with E-state index in [1.807, 2.05) is 47.9 Å². The average molecular weight is 297 g/mol. The van der Waals surface area contributed by atoms with Gasteiger partial charge in [0.1, 0.15) is 17.7 Å². The number of nitrogen functional groups attached to an aromatic ring is 1. The van der Waals surface area contributed by atoms with E-state index in [-0.39, 0.29) is 0 Å². The standard InChI is InChI=1S/C17H19N3O2/c1-11(21)17(22-14-7-5-6-13(18)10-14)20-12(2)19-15-8-3-4-9-16(15)20/h3-11,17,21H,18H2,1-2H3. The Hall–Kier alpha value is -2.53. The number of rotatable bonds is 4. The van der Waals surface area contributed by atoms with Gasteiger partial charge in [-0.1, -0.05) is 18.2 Å². The van der Waals surface area contributed by atoms with Gasteiger partial charge in [-0.3, -0.25) is 4.57 Å². The van der Waals surface area contributed by atoms with Crippen LogP contribution in [-0.4, -0.2) is 20.8 Å². The normalized spacial score (nSPS) is 14.0. The molecule has 3 N–H and O–H groups in total. The third-order valence-corrected chi connectivity index (χ3v) is 3.55. The SMILES string of the molecule is Cc1nc2ccccc2n1C(Oc1cccc(N)c1)C(C)O. The van der Waals surface area contributed by atoms with Gasteiger partial charge in [-0.25, -0.2) is 4.98 Å². The summed E-state index contributed by atoms with van der Waals surface area (Å²) in [5.74, 6) is 1.40. The molecule has 0 aliphatic heterocycles. The minimum atomic E-state index is -0.710. The largest absolute Gasteiger partial charge is 0.467 e. The van der Waals surface area contributed by atoms with Crippen LogP contribution in [0.1, 0.15) is 19.0 Å². The molecule has 0 bridgehead atoms. The zero-order valence-corrected chi connectivity index (χ0v) is 12.6. The van der Waals surface area contributed by atoms with Gasteiger partial charge in [0.05, 0.1) is 11.0 Å². The molecule has 0 spiro atoms. The molecule has 0 radical (unpaired) electrons. The van der Waals surface area contributed by atoms with Crippen molar-refractivity contribution in [2.24, 2.45) is 0 Å². The first kappa shape index (κ1) is 14.4. The van der Waals surface area contributed by atoms with Gasteiger partial charge >= 0.3 is 0 Å². The number of benzene rings is 2. The van der Waals surface area contributed by atoms with Crippen molar-refractivity contribution >= 4 is 16.7 Å². The molecule has 0 aliphatic rings. The topological polar surface area (TPSA) is 73.3 Å². The molecule has 0 fully saturated rings. The monoisotopic (exact) mass is 297 g/mol. The van der Waals surface area contributed by atoms with Crippen molar-refractivity contribution in [3.05, 3.63) is 54.4 Å². The number of aryl methyl sites for hydroxylation is 1. The smallest absolute Gasteiger partial charge is 0.203 e. The van der Waals surface area contributed by atoms with Crippen molar-refractivity contribution in [3.8, 4) is 5.75 Å². The number of hydrogen-bond acceptors (Lipinski definition) is 4. The number of nitrogens with zero attached hydrogens (tertiary/aromatic N) is 2. The number of fused-ring (bicyclic) bond motifs is 1. The number of aromatic nitrogens is 2. The van der Waals surface area contributed by atoms with Crippen molar-refractivity contribution in [2.45, 2.75) is 26.2 Å². The number of hydrogen-bond donors (Lipinski definition) is 2. The minimum Gasteiger partial charge on any atom is -0.467 e. The van der Waals surface area contributed by atoms with Gasteiger partial charge in [0.25, 0.3) is 0 Å². The summed E-state index contributed by atoms with van der Waals surface area (Å²) >= 11 is 0. The van der Waals surface area contributed by atoms with Crippen LogP contribution in [0.5, 0.6) is 5.75 Å². The predicted molar refractivity (Wildman–Crippen MR) is 86.7 cm³/mol. The lowest BCUT2D eigenvalue weighted by Gasteiger charge is -2.25. The lowest BCUT2D eigenvalue weighted by molar-refractivity contribution is 0.00265. The molecule has 2 atom stereocenters. The van der Waals surface area contributed by atoms with Crippen LogP contribution in [0.15, 0.2) is 48.5 Å². The molecule has 114 valence electrons. The molecule has 1 aromatic heterocycles. The van der Waals surface area contributed by atoms with Gasteiger partial charge in [0, 0.05) is 11.8 Å². The van der Waals surface area contributed by atoms with Crippen LogP contribution in [0.25, 0.3) is 11.0 Å². The summed E-state index contributed by atoms with van der Waals surface area (Å²) in [7, 11) is 0. The van der Waals surface area contributed by atoms with Crippen LogP contribution in [0.4, 0.5) is 5.69 Å². The Bertz CT molecular complexity index is 795. The van der Waals surface area contributed by atoms with E-state index < -0.39 is 12.3 Å². The van der Waals surface area contributed by atoms with Crippen molar-refractivity contribution < 1.29 is 9.84 Å². The molecule has 0 saturated heterocycles. The third-order valence-electron chi connectivity index (χ3n) is 3.55. The highest BCUT2D eigenvalue weighted by Gasteiger charge is 2.23. The Labute approximate surface area is 129 Å². The Morgan fingerprint density at radius 2 is 1.95 bits per heavy atom. The Kier molecular flexibility index (Phi) is 3.73. The molecule has 3 rings (SSSR count). The van der Waals surface area contributed by atoms with Crippen molar-refractivity contribution in [1.82, 2.24) is 9.55 Å². The first-order valence-corrected chi connectivity index (χ1v) is 7.20. The third kappa shape index (κ3) is 2.63. The molecule has 0 amide bonds. The molecule has 3 aromatic rings. The van der Waals surface area contributed by atoms with Crippen LogP contribution in [0.3, 0.4) is 0 Å². The van der Waals surface area contributed by atoms with Crippen LogP contribution in [-0.2, 0) is 0 Å². The second-order valence-electron chi connectivity index (χ2n) is 5.34. The van der Waals surface area contributed by atoms with E-state index in [1.165, 1.54) is 0 Å². The van der Waals surface area contributed by atoms with E-state index in [2.05, 4.69) is 4.98 Å². The number of ether oxygens (including phenoxy) is 1. The summed E-state index contributed by atoms with van der Waals surface area (Å²) in [6.07, 6.45) is -1.29. The van der Waals surface area contributed by atoms with Gasteiger partial charge in [0.15, 0.2) is 0 Å². The van der Waals surface area contributed by atoms with Gasteiger partial charge in [0.2, 0.25) is 6.23 Å². The van der Waals surface area contributed by atoms with Crippen LogP contribution in [0.2, 0.25) is 0 Å². The summed E-state index contributed by atoms with van der Waals surface area (Å²) in [6.45, 7) is 3.60. The zero-order valence-electron chi connectivity index (χ0n) is 12.6. The van der Waals surface area contributed by atoms with Crippen molar-refractivity contribution in [1.29, 1.82) is 0 Å². The number of imidazole rings is 1. The van der Waals surface area contributed by atoms with E-state index in [0.717, 1.165) is 16.9 Å². The van der Waals surface area contributed by atoms with Gasteiger partial charge in [-0.15, -0.1) is 0 Å². The Morgan fingerprint density at radius 3 is 2.68 bits per heavy atom. The van der Waals surface area contributed by atoms with Crippen LogP contribution < -0.4 is 10.5 Å². The van der Waals surface area contributed by atoms with Crippen LogP contribution >= 0.6 is 0 Å². The molecule has 2 aromatic carbocycles. The first-order chi connectivity index (χ1) is 10.6. The fourth-order valence-electron chi connectivity index (χ4n) is 2.58. The maximum Gasteiger partial charge on any atom is 0.203 e.